The highest BCUT2D eigenvalue weighted by molar-refractivity contribution is 7.90. The van der Waals surface area contributed by atoms with E-state index in [-0.39, 0.29) is 11.3 Å². The van der Waals surface area contributed by atoms with Crippen LogP contribution >= 0.6 is 0 Å². The first-order valence-corrected chi connectivity index (χ1v) is 9.98. The molecule has 4 nitrogen and oxygen atoms in total. The second-order valence-electron chi connectivity index (χ2n) is 7.13. The van der Waals surface area contributed by atoms with Gasteiger partial charge in [0.2, 0.25) is 0 Å². The summed E-state index contributed by atoms with van der Waals surface area (Å²) < 4.78 is 23.0. The molecule has 0 spiro atoms. The first-order chi connectivity index (χ1) is 9.25. The lowest BCUT2D eigenvalue weighted by molar-refractivity contribution is 0.0525. The van der Waals surface area contributed by atoms with E-state index in [1.54, 1.807) is 0 Å². The number of rotatable bonds is 6. The Hall–Kier alpha value is -0.130. The molecule has 3 unspecified atom stereocenters. The molecule has 2 rings (SSSR count). The minimum atomic E-state index is -2.88. The summed E-state index contributed by atoms with van der Waals surface area (Å²) in [6.45, 7) is 9.46. The number of piperazine rings is 1. The Kier molecular flexibility index (Phi) is 4.82. The predicted molar refractivity (Wildman–Crippen MR) is 83.7 cm³/mol. The summed E-state index contributed by atoms with van der Waals surface area (Å²) >= 11 is 0. The fourth-order valence-electron chi connectivity index (χ4n) is 3.42. The standard InChI is InChI=1S/C15H30N2O2S/c1-5-12(2)14-10-16-15(3,13-6-7-13)11-17(14)8-9-20(4,18)19/h12-14,16H,5-11H2,1-4H3. The number of hydrogen-bond donors (Lipinski definition) is 1. The van der Waals surface area contributed by atoms with Crippen LogP contribution in [0.3, 0.4) is 0 Å². The van der Waals surface area contributed by atoms with Crippen LogP contribution in [0, 0.1) is 11.8 Å². The van der Waals surface area contributed by atoms with Crippen LogP contribution in [0.1, 0.15) is 40.0 Å². The Morgan fingerprint density at radius 1 is 1.40 bits per heavy atom. The van der Waals surface area contributed by atoms with Crippen molar-refractivity contribution in [1.82, 2.24) is 10.2 Å². The van der Waals surface area contributed by atoms with Gasteiger partial charge in [0.25, 0.3) is 0 Å². The lowest BCUT2D eigenvalue weighted by atomic mass is 9.87. The molecule has 0 aromatic heterocycles. The van der Waals surface area contributed by atoms with Gasteiger partial charge in [-0.25, -0.2) is 8.42 Å². The second-order valence-corrected chi connectivity index (χ2v) is 9.39. The summed E-state index contributed by atoms with van der Waals surface area (Å²) in [5, 5.41) is 3.76. The average molecular weight is 302 g/mol. The van der Waals surface area contributed by atoms with Crippen molar-refractivity contribution in [2.24, 2.45) is 11.8 Å². The van der Waals surface area contributed by atoms with E-state index >= 15 is 0 Å². The van der Waals surface area contributed by atoms with Crippen LogP contribution in [-0.2, 0) is 9.84 Å². The zero-order valence-corrected chi connectivity index (χ0v) is 14.2. The van der Waals surface area contributed by atoms with Crippen LogP contribution in [0.25, 0.3) is 0 Å². The van der Waals surface area contributed by atoms with E-state index in [0.717, 1.165) is 25.4 Å². The minimum Gasteiger partial charge on any atom is -0.308 e. The van der Waals surface area contributed by atoms with Crippen LogP contribution in [-0.4, -0.2) is 56.5 Å². The summed E-state index contributed by atoms with van der Waals surface area (Å²) in [5.74, 6) is 1.66. The lowest BCUT2D eigenvalue weighted by Gasteiger charge is -2.48. The van der Waals surface area contributed by atoms with Gasteiger partial charge in [-0.2, -0.15) is 0 Å². The third-order valence-corrected chi connectivity index (χ3v) is 6.17. The fraction of sp³-hybridized carbons (Fsp3) is 1.00. The summed E-state index contributed by atoms with van der Waals surface area (Å²) in [6, 6.07) is 0.466. The van der Waals surface area contributed by atoms with Gasteiger partial charge in [0.05, 0.1) is 5.75 Å². The first kappa shape index (κ1) is 16.2. The van der Waals surface area contributed by atoms with E-state index in [0.29, 0.717) is 18.5 Å². The topological polar surface area (TPSA) is 49.4 Å². The maximum atomic E-state index is 11.5. The zero-order chi connectivity index (χ0) is 15.0. The molecule has 1 N–H and O–H groups in total. The maximum Gasteiger partial charge on any atom is 0.148 e. The van der Waals surface area contributed by atoms with Crippen molar-refractivity contribution in [2.45, 2.75) is 51.6 Å². The van der Waals surface area contributed by atoms with Crippen molar-refractivity contribution in [1.29, 1.82) is 0 Å². The van der Waals surface area contributed by atoms with Gasteiger partial charge in [0.15, 0.2) is 0 Å². The number of hydrogen-bond acceptors (Lipinski definition) is 4. The molecule has 1 aliphatic carbocycles. The Bertz CT molecular complexity index is 433. The van der Waals surface area contributed by atoms with Gasteiger partial charge < -0.3 is 5.32 Å². The Morgan fingerprint density at radius 3 is 2.55 bits per heavy atom. The molecule has 3 atom stereocenters. The molecule has 2 aliphatic rings. The number of nitrogens with zero attached hydrogens (tertiary/aromatic N) is 1. The predicted octanol–water partition coefficient (Wildman–Crippen LogP) is 1.52. The van der Waals surface area contributed by atoms with E-state index in [1.165, 1.54) is 19.1 Å². The molecule has 118 valence electrons. The van der Waals surface area contributed by atoms with Gasteiger partial charge in [-0.3, -0.25) is 4.90 Å². The van der Waals surface area contributed by atoms with Gasteiger partial charge in [-0.1, -0.05) is 20.3 Å². The monoisotopic (exact) mass is 302 g/mol. The van der Waals surface area contributed by atoms with Crippen LogP contribution < -0.4 is 5.32 Å². The highest BCUT2D eigenvalue weighted by Gasteiger charge is 2.46. The molecule has 0 amide bonds. The van der Waals surface area contributed by atoms with E-state index in [9.17, 15) is 8.42 Å². The van der Waals surface area contributed by atoms with Crippen LogP contribution in [0.4, 0.5) is 0 Å². The highest BCUT2D eigenvalue weighted by Crippen LogP contribution is 2.41. The molecule has 1 heterocycles. The third kappa shape index (κ3) is 3.95. The SMILES string of the molecule is CCC(C)C1CNC(C)(C2CC2)CN1CCS(C)(=O)=O. The maximum absolute atomic E-state index is 11.5. The van der Waals surface area contributed by atoms with E-state index < -0.39 is 9.84 Å². The first-order valence-electron chi connectivity index (χ1n) is 7.92. The van der Waals surface area contributed by atoms with Crippen molar-refractivity contribution in [3.63, 3.8) is 0 Å². The highest BCUT2D eigenvalue weighted by atomic mass is 32.2. The normalized spacial score (nSPS) is 34.1. The number of nitrogens with one attached hydrogen (secondary N) is 1. The molecule has 1 aliphatic heterocycles. The smallest absolute Gasteiger partial charge is 0.148 e. The van der Waals surface area contributed by atoms with Crippen LogP contribution in [0.15, 0.2) is 0 Å². The lowest BCUT2D eigenvalue weighted by Crippen LogP contribution is -2.65. The molecule has 5 heteroatoms. The van der Waals surface area contributed by atoms with Crippen molar-refractivity contribution in [2.75, 3.05) is 31.6 Å². The number of sulfone groups is 1. The van der Waals surface area contributed by atoms with Crippen molar-refractivity contribution < 1.29 is 8.42 Å². The van der Waals surface area contributed by atoms with Gasteiger partial charge in [0.1, 0.15) is 9.84 Å². The molecule has 1 saturated carbocycles. The van der Waals surface area contributed by atoms with Crippen molar-refractivity contribution >= 4 is 9.84 Å². The van der Waals surface area contributed by atoms with E-state index in [2.05, 4.69) is 31.0 Å². The minimum absolute atomic E-state index is 0.182. The summed E-state index contributed by atoms with van der Waals surface area (Å²) in [7, 11) is -2.88. The quantitative estimate of drug-likeness (QED) is 0.808. The van der Waals surface area contributed by atoms with E-state index in [1.807, 2.05) is 0 Å². The Balaban J connectivity index is 2.05. The molecule has 1 saturated heterocycles. The van der Waals surface area contributed by atoms with E-state index in [4.69, 9.17) is 0 Å². The van der Waals surface area contributed by atoms with Crippen molar-refractivity contribution in [3.05, 3.63) is 0 Å². The third-order valence-electron chi connectivity index (χ3n) is 5.24. The molecule has 0 bridgehead atoms. The summed E-state index contributed by atoms with van der Waals surface area (Å²) in [6.07, 6.45) is 5.12. The van der Waals surface area contributed by atoms with Gasteiger partial charge in [-0.05, 0) is 31.6 Å². The summed E-state index contributed by atoms with van der Waals surface area (Å²) in [4.78, 5) is 2.43. The van der Waals surface area contributed by atoms with Gasteiger partial charge in [-0.15, -0.1) is 0 Å². The second kappa shape index (κ2) is 5.93. The molecule has 2 fully saturated rings. The Labute approximate surface area is 124 Å². The largest absolute Gasteiger partial charge is 0.308 e. The van der Waals surface area contributed by atoms with Gasteiger partial charge in [0, 0.05) is 37.5 Å². The summed E-state index contributed by atoms with van der Waals surface area (Å²) in [5.41, 5.74) is 0.182. The molecule has 0 aromatic carbocycles. The van der Waals surface area contributed by atoms with Crippen LogP contribution in [0.5, 0.6) is 0 Å². The van der Waals surface area contributed by atoms with Crippen LogP contribution in [0.2, 0.25) is 0 Å². The molecule has 0 radical (unpaired) electrons. The zero-order valence-electron chi connectivity index (χ0n) is 13.4. The molecule has 0 aromatic rings. The average Bonchev–Trinajstić information content (AvgIpc) is 3.19. The van der Waals surface area contributed by atoms with Gasteiger partial charge >= 0.3 is 0 Å². The Morgan fingerprint density at radius 2 is 2.05 bits per heavy atom. The molecule has 20 heavy (non-hydrogen) atoms. The molecular weight excluding hydrogens is 272 g/mol. The van der Waals surface area contributed by atoms with Crippen molar-refractivity contribution in [3.8, 4) is 0 Å². The molecular formula is C15H30N2O2S. The fourth-order valence-corrected chi connectivity index (χ4v) is 3.98.